The molecule has 0 aliphatic carbocycles. The molecule has 1 aliphatic rings. The second-order valence-corrected chi connectivity index (χ2v) is 6.15. The SMILES string of the molecule is C[C@H](O)CN1CCN(CC(=O)NCCc2ccc(F)cc2)CC1. The second kappa shape index (κ2) is 8.96. The van der Waals surface area contributed by atoms with Gasteiger partial charge in [-0.15, -0.1) is 0 Å². The number of halogens is 1. The van der Waals surface area contributed by atoms with E-state index in [9.17, 15) is 14.3 Å². The Bertz CT molecular complexity index is 485. The van der Waals surface area contributed by atoms with Gasteiger partial charge in [-0.1, -0.05) is 12.1 Å². The Balaban J connectivity index is 1.61. The summed E-state index contributed by atoms with van der Waals surface area (Å²) in [6.45, 7) is 6.91. The van der Waals surface area contributed by atoms with Gasteiger partial charge in [0.2, 0.25) is 5.91 Å². The highest BCUT2D eigenvalue weighted by Crippen LogP contribution is 2.04. The second-order valence-electron chi connectivity index (χ2n) is 6.15. The molecule has 1 aliphatic heterocycles. The van der Waals surface area contributed by atoms with Crippen molar-refractivity contribution in [3.8, 4) is 0 Å². The Morgan fingerprint density at radius 2 is 1.83 bits per heavy atom. The quantitative estimate of drug-likeness (QED) is 0.766. The Morgan fingerprint density at radius 3 is 2.43 bits per heavy atom. The Labute approximate surface area is 137 Å². The zero-order valence-corrected chi connectivity index (χ0v) is 13.7. The van der Waals surface area contributed by atoms with E-state index in [1.807, 2.05) is 0 Å². The smallest absolute Gasteiger partial charge is 0.234 e. The third-order valence-corrected chi connectivity index (χ3v) is 4.00. The van der Waals surface area contributed by atoms with Crippen LogP contribution >= 0.6 is 0 Å². The van der Waals surface area contributed by atoms with Crippen LogP contribution in [0.3, 0.4) is 0 Å². The summed E-state index contributed by atoms with van der Waals surface area (Å²) in [7, 11) is 0. The predicted molar refractivity (Wildman–Crippen MR) is 87.7 cm³/mol. The number of nitrogens with one attached hydrogen (secondary N) is 1. The lowest BCUT2D eigenvalue weighted by atomic mass is 10.1. The fourth-order valence-electron chi connectivity index (χ4n) is 2.76. The molecule has 0 aromatic heterocycles. The highest BCUT2D eigenvalue weighted by Gasteiger charge is 2.19. The van der Waals surface area contributed by atoms with Crippen LogP contribution < -0.4 is 5.32 Å². The van der Waals surface area contributed by atoms with Gasteiger partial charge >= 0.3 is 0 Å². The first kappa shape index (κ1) is 17.8. The van der Waals surface area contributed by atoms with Gasteiger partial charge in [-0.25, -0.2) is 4.39 Å². The molecule has 1 saturated heterocycles. The van der Waals surface area contributed by atoms with Crippen molar-refractivity contribution in [1.82, 2.24) is 15.1 Å². The lowest BCUT2D eigenvalue weighted by molar-refractivity contribution is -0.122. The summed E-state index contributed by atoms with van der Waals surface area (Å²) in [5.41, 5.74) is 1.01. The lowest BCUT2D eigenvalue weighted by Gasteiger charge is -2.34. The number of hydrogen-bond acceptors (Lipinski definition) is 4. The maximum atomic E-state index is 12.8. The Kier molecular flexibility index (Phi) is 6.95. The summed E-state index contributed by atoms with van der Waals surface area (Å²) in [6.07, 6.45) is 0.394. The molecule has 0 spiro atoms. The summed E-state index contributed by atoms with van der Waals surface area (Å²) in [4.78, 5) is 16.3. The highest BCUT2D eigenvalue weighted by molar-refractivity contribution is 5.78. The van der Waals surface area contributed by atoms with E-state index in [1.165, 1.54) is 12.1 Å². The lowest BCUT2D eigenvalue weighted by Crippen LogP contribution is -2.50. The summed E-state index contributed by atoms with van der Waals surface area (Å²) < 4.78 is 12.8. The van der Waals surface area contributed by atoms with Crippen LogP contribution in [0.15, 0.2) is 24.3 Å². The van der Waals surface area contributed by atoms with Crippen molar-refractivity contribution in [2.24, 2.45) is 0 Å². The van der Waals surface area contributed by atoms with Crippen molar-refractivity contribution in [3.63, 3.8) is 0 Å². The molecule has 1 fully saturated rings. The summed E-state index contributed by atoms with van der Waals surface area (Å²) in [5.74, 6) is -0.219. The van der Waals surface area contributed by atoms with Gasteiger partial charge < -0.3 is 10.4 Å². The largest absolute Gasteiger partial charge is 0.392 e. The number of aliphatic hydroxyl groups is 1. The van der Waals surface area contributed by atoms with Gasteiger partial charge in [-0.3, -0.25) is 14.6 Å². The van der Waals surface area contributed by atoms with E-state index < -0.39 is 0 Å². The fraction of sp³-hybridized carbons (Fsp3) is 0.588. The number of amides is 1. The number of rotatable bonds is 7. The molecule has 1 aromatic carbocycles. The third-order valence-electron chi connectivity index (χ3n) is 4.00. The summed E-state index contributed by atoms with van der Waals surface area (Å²) in [6, 6.07) is 6.35. The van der Waals surface area contributed by atoms with Gasteiger partial charge in [-0.05, 0) is 31.0 Å². The molecule has 6 heteroatoms. The molecule has 5 nitrogen and oxygen atoms in total. The van der Waals surface area contributed by atoms with E-state index in [0.29, 0.717) is 26.1 Å². The Morgan fingerprint density at radius 1 is 1.22 bits per heavy atom. The summed E-state index contributed by atoms with van der Waals surface area (Å²) >= 11 is 0. The number of benzene rings is 1. The van der Waals surface area contributed by atoms with E-state index in [4.69, 9.17) is 0 Å². The van der Waals surface area contributed by atoms with Crippen LogP contribution in [-0.2, 0) is 11.2 Å². The normalized spacial score (nSPS) is 17.9. The monoisotopic (exact) mass is 323 g/mol. The first-order valence-corrected chi connectivity index (χ1v) is 8.17. The molecule has 1 heterocycles. The van der Waals surface area contributed by atoms with Crippen LogP contribution in [0.25, 0.3) is 0 Å². The van der Waals surface area contributed by atoms with E-state index in [1.54, 1.807) is 19.1 Å². The number of piperazine rings is 1. The minimum Gasteiger partial charge on any atom is -0.392 e. The first-order chi connectivity index (χ1) is 11.0. The van der Waals surface area contributed by atoms with E-state index in [0.717, 1.165) is 31.7 Å². The van der Waals surface area contributed by atoms with Gasteiger partial charge in [0.1, 0.15) is 5.82 Å². The molecule has 1 amide bonds. The average molecular weight is 323 g/mol. The molecular weight excluding hydrogens is 297 g/mol. The third kappa shape index (κ3) is 6.64. The molecule has 0 unspecified atom stereocenters. The maximum absolute atomic E-state index is 12.8. The molecule has 1 atom stereocenters. The maximum Gasteiger partial charge on any atom is 0.234 e. The van der Waals surface area contributed by atoms with E-state index in [-0.39, 0.29) is 17.8 Å². The molecular formula is C17H26FN3O2. The van der Waals surface area contributed by atoms with Crippen molar-refractivity contribution >= 4 is 5.91 Å². The zero-order valence-electron chi connectivity index (χ0n) is 13.7. The summed E-state index contributed by atoms with van der Waals surface area (Å²) in [5, 5.41) is 12.3. The first-order valence-electron chi connectivity index (χ1n) is 8.17. The van der Waals surface area contributed by atoms with Crippen molar-refractivity contribution in [2.45, 2.75) is 19.4 Å². The van der Waals surface area contributed by atoms with E-state index >= 15 is 0 Å². The predicted octanol–water partition coefficient (Wildman–Crippen LogP) is 0.483. The van der Waals surface area contributed by atoms with Crippen LogP contribution in [-0.4, -0.2) is 72.7 Å². The van der Waals surface area contributed by atoms with Crippen LogP contribution in [0.2, 0.25) is 0 Å². The van der Waals surface area contributed by atoms with Crippen molar-refractivity contribution in [1.29, 1.82) is 0 Å². The number of hydrogen-bond donors (Lipinski definition) is 2. The van der Waals surface area contributed by atoms with Crippen LogP contribution in [0, 0.1) is 5.82 Å². The standard InChI is InChI=1S/C17H26FN3O2/c1-14(22)12-20-8-10-21(11-9-20)13-17(23)19-7-6-15-2-4-16(18)5-3-15/h2-5,14,22H,6-13H2,1H3,(H,19,23)/t14-/m0/s1. The van der Waals surface area contributed by atoms with Gasteiger partial charge in [0.25, 0.3) is 0 Å². The van der Waals surface area contributed by atoms with Crippen LogP contribution in [0.1, 0.15) is 12.5 Å². The van der Waals surface area contributed by atoms with Crippen molar-refractivity contribution in [2.75, 3.05) is 45.8 Å². The minimum atomic E-state index is -0.309. The number of β-amino-alcohol motifs (C(OH)–C–C–N with tert-alkyl or cyclic N) is 1. The fourth-order valence-corrected chi connectivity index (χ4v) is 2.76. The van der Waals surface area contributed by atoms with E-state index in [2.05, 4.69) is 15.1 Å². The molecule has 2 N–H and O–H groups in total. The average Bonchev–Trinajstić information content (AvgIpc) is 2.51. The molecule has 0 saturated carbocycles. The highest BCUT2D eigenvalue weighted by atomic mass is 19.1. The molecule has 128 valence electrons. The molecule has 23 heavy (non-hydrogen) atoms. The topological polar surface area (TPSA) is 55.8 Å². The molecule has 1 aromatic rings. The van der Waals surface area contributed by atoms with Gasteiger partial charge in [0.15, 0.2) is 0 Å². The molecule has 2 rings (SSSR count). The van der Waals surface area contributed by atoms with Crippen molar-refractivity contribution in [3.05, 3.63) is 35.6 Å². The van der Waals surface area contributed by atoms with Gasteiger partial charge in [-0.2, -0.15) is 0 Å². The Hall–Kier alpha value is -1.50. The molecule has 0 bridgehead atoms. The number of carbonyl (C=O) groups excluding carboxylic acids is 1. The van der Waals surface area contributed by atoms with Gasteiger partial charge in [0.05, 0.1) is 12.6 Å². The number of aliphatic hydroxyl groups excluding tert-OH is 1. The van der Waals surface area contributed by atoms with Crippen molar-refractivity contribution < 1.29 is 14.3 Å². The minimum absolute atomic E-state index is 0.0242. The molecule has 0 radical (unpaired) electrons. The van der Waals surface area contributed by atoms with Crippen LogP contribution in [0.5, 0.6) is 0 Å². The number of nitrogens with zero attached hydrogens (tertiary/aromatic N) is 2. The zero-order chi connectivity index (χ0) is 16.7. The van der Waals surface area contributed by atoms with Gasteiger partial charge in [0, 0.05) is 39.3 Å². The van der Waals surface area contributed by atoms with Crippen LogP contribution in [0.4, 0.5) is 4.39 Å². The number of carbonyl (C=O) groups is 1.